The zero-order valence-corrected chi connectivity index (χ0v) is 15.8. The Bertz CT molecular complexity index is 1010. The van der Waals surface area contributed by atoms with Crippen LogP contribution in [0.5, 0.6) is 0 Å². The van der Waals surface area contributed by atoms with Gasteiger partial charge >= 0.3 is 6.55 Å². The van der Waals surface area contributed by atoms with Gasteiger partial charge in [-0.1, -0.05) is 0 Å². The van der Waals surface area contributed by atoms with Gasteiger partial charge in [-0.15, -0.1) is 0 Å². The van der Waals surface area contributed by atoms with Crippen LogP contribution in [-0.2, 0) is 0 Å². The molecular formula is C20H20F2N6O. The van der Waals surface area contributed by atoms with E-state index >= 15 is 0 Å². The van der Waals surface area contributed by atoms with Gasteiger partial charge in [0.1, 0.15) is 5.69 Å². The number of anilines is 1. The standard InChI is InChI=1S/C20H20F2N6O/c1-13-4-5-17(28(13)19(21)22)18(29)25-15-7-10-27(12-15)20-24-9-6-16(26-20)14-3-2-8-23-11-14/h2-6,8-9,11,15,19H,7,10,12H2,1H3,(H,25,29). The summed E-state index contributed by atoms with van der Waals surface area (Å²) in [7, 11) is 0. The molecule has 1 N–H and O–H groups in total. The van der Waals surface area contributed by atoms with E-state index in [-0.39, 0.29) is 11.7 Å². The van der Waals surface area contributed by atoms with Gasteiger partial charge in [-0.25, -0.2) is 9.97 Å². The van der Waals surface area contributed by atoms with Crippen molar-refractivity contribution in [1.29, 1.82) is 0 Å². The number of pyridine rings is 1. The number of carbonyl (C=O) groups excluding carboxylic acids is 1. The van der Waals surface area contributed by atoms with Crippen LogP contribution in [0.3, 0.4) is 0 Å². The number of amides is 1. The third-order valence-corrected chi connectivity index (χ3v) is 4.96. The third kappa shape index (κ3) is 3.94. The van der Waals surface area contributed by atoms with Gasteiger partial charge in [-0.3, -0.25) is 14.3 Å². The minimum atomic E-state index is -2.76. The van der Waals surface area contributed by atoms with Crippen LogP contribution in [0.4, 0.5) is 14.7 Å². The first-order valence-corrected chi connectivity index (χ1v) is 9.28. The lowest BCUT2D eigenvalue weighted by atomic mass is 10.2. The Morgan fingerprint density at radius 1 is 1.24 bits per heavy atom. The number of hydrogen-bond acceptors (Lipinski definition) is 5. The van der Waals surface area contributed by atoms with Gasteiger partial charge in [0.15, 0.2) is 0 Å². The van der Waals surface area contributed by atoms with Crippen LogP contribution in [0.25, 0.3) is 11.3 Å². The Labute approximate surface area is 166 Å². The van der Waals surface area contributed by atoms with E-state index < -0.39 is 12.5 Å². The first-order chi connectivity index (χ1) is 14.0. The van der Waals surface area contributed by atoms with Crippen molar-refractivity contribution in [2.75, 3.05) is 18.0 Å². The molecule has 1 aliphatic rings. The SMILES string of the molecule is Cc1ccc(C(=O)NC2CCN(c3nccc(-c4cccnc4)n3)C2)n1C(F)F. The summed E-state index contributed by atoms with van der Waals surface area (Å²) in [5.74, 6) is 0.0604. The number of aromatic nitrogens is 4. The molecule has 0 saturated carbocycles. The summed E-state index contributed by atoms with van der Waals surface area (Å²) in [5.41, 5.74) is 1.97. The van der Waals surface area contributed by atoms with E-state index in [0.29, 0.717) is 31.2 Å². The molecule has 1 unspecified atom stereocenters. The Hall–Kier alpha value is -3.36. The molecule has 0 bridgehead atoms. The molecule has 29 heavy (non-hydrogen) atoms. The molecule has 1 fully saturated rings. The van der Waals surface area contributed by atoms with Crippen molar-refractivity contribution in [2.45, 2.75) is 25.9 Å². The molecule has 0 spiro atoms. The summed E-state index contributed by atoms with van der Waals surface area (Å²) in [4.78, 5) is 27.5. The first-order valence-electron chi connectivity index (χ1n) is 9.28. The van der Waals surface area contributed by atoms with E-state index in [0.717, 1.165) is 15.8 Å². The molecule has 7 nitrogen and oxygen atoms in total. The molecule has 1 amide bonds. The first kappa shape index (κ1) is 19.0. The Kier molecular flexibility index (Phi) is 5.20. The van der Waals surface area contributed by atoms with E-state index in [9.17, 15) is 13.6 Å². The molecule has 1 atom stereocenters. The van der Waals surface area contributed by atoms with Crippen molar-refractivity contribution in [1.82, 2.24) is 24.8 Å². The van der Waals surface area contributed by atoms with Gasteiger partial charge in [-0.2, -0.15) is 8.78 Å². The lowest BCUT2D eigenvalue weighted by Crippen LogP contribution is -2.38. The molecule has 0 aromatic carbocycles. The topological polar surface area (TPSA) is 75.9 Å². The fraction of sp³-hybridized carbons (Fsp3) is 0.300. The molecule has 3 aromatic heterocycles. The predicted molar refractivity (Wildman–Crippen MR) is 104 cm³/mol. The number of halogens is 2. The van der Waals surface area contributed by atoms with Gasteiger partial charge in [0.25, 0.3) is 5.91 Å². The second-order valence-electron chi connectivity index (χ2n) is 6.90. The molecule has 1 saturated heterocycles. The smallest absolute Gasteiger partial charge is 0.319 e. The highest BCUT2D eigenvalue weighted by molar-refractivity contribution is 5.93. The zero-order valence-electron chi connectivity index (χ0n) is 15.8. The van der Waals surface area contributed by atoms with Crippen LogP contribution < -0.4 is 10.2 Å². The fourth-order valence-corrected chi connectivity index (χ4v) is 3.49. The summed E-state index contributed by atoms with van der Waals surface area (Å²) in [6.07, 6.45) is 5.81. The van der Waals surface area contributed by atoms with E-state index in [1.165, 1.54) is 12.1 Å². The summed E-state index contributed by atoms with van der Waals surface area (Å²) < 4.78 is 27.2. The van der Waals surface area contributed by atoms with Gasteiger partial charge in [0.05, 0.1) is 5.69 Å². The number of alkyl halides is 2. The van der Waals surface area contributed by atoms with Gasteiger partial charge in [0.2, 0.25) is 5.95 Å². The molecule has 1 aliphatic heterocycles. The highest BCUT2D eigenvalue weighted by atomic mass is 19.3. The quantitative estimate of drug-likeness (QED) is 0.715. The van der Waals surface area contributed by atoms with Gasteiger partial charge in [-0.05, 0) is 43.7 Å². The third-order valence-electron chi connectivity index (χ3n) is 4.96. The Morgan fingerprint density at radius 2 is 2.10 bits per heavy atom. The normalized spacial score (nSPS) is 16.4. The highest BCUT2D eigenvalue weighted by Crippen LogP contribution is 2.22. The summed E-state index contributed by atoms with van der Waals surface area (Å²) in [5, 5.41) is 2.85. The molecule has 0 aliphatic carbocycles. The van der Waals surface area contributed by atoms with Crippen LogP contribution in [0.1, 0.15) is 29.2 Å². The van der Waals surface area contributed by atoms with Crippen LogP contribution in [0.2, 0.25) is 0 Å². The minimum Gasteiger partial charge on any atom is -0.346 e. The lowest BCUT2D eigenvalue weighted by Gasteiger charge is -2.18. The summed E-state index contributed by atoms with van der Waals surface area (Å²) in [6.45, 7) is -0.0332. The number of aryl methyl sites for hydroxylation is 1. The molecule has 4 heterocycles. The van der Waals surface area contributed by atoms with Crippen molar-refractivity contribution in [3.05, 3.63) is 60.3 Å². The van der Waals surface area contributed by atoms with Gasteiger partial charge < -0.3 is 10.2 Å². The van der Waals surface area contributed by atoms with Crippen LogP contribution in [0.15, 0.2) is 48.9 Å². The van der Waals surface area contributed by atoms with Crippen LogP contribution in [-0.4, -0.2) is 44.6 Å². The number of nitrogens with zero attached hydrogens (tertiary/aromatic N) is 5. The van der Waals surface area contributed by atoms with Crippen molar-refractivity contribution >= 4 is 11.9 Å². The highest BCUT2D eigenvalue weighted by Gasteiger charge is 2.28. The van der Waals surface area contributed by atoms with Crippen molar-refractivity contribution in [3.63, 3.8) is 0 Å². The Balaban J connectivity index is 1.44. The van der Waals surface area contributed by atoms with Crippen molar-refractivity contribution in [3.8, 4) is 11.3 Å². The predicted octanol–water partition coefficient (Wildman–Crippen LogP) is 3.05. The van der Waals surface area contributed by atoms with Gasteiger partial charge in [0, 0.05) is 49.0 Å². The van der Waals surface area contributed by atoms with E-state index in [1.807, 2.05) is 23.1 Å². The average molecular weight is 398 g/mol. The second-order valence-corrected chi connectivity index (χ2v) is 6.90. The number of nitrogens with one attached hydrogen (secondary N) is 1. The summed E-state index contributed by atoms with van der Waals surface area (Å²) in [6, 6.07) is 8.34. The number of hydrogen-bond donors (Lipinski definition) is 1. The monoisotopic (exact) mass is 398 g/mol. The molecule has 150 valence electrons. The number of rotatable bonds is 5. The average Bonchev–Trinajstić information content (AvgIpc) is 3.35. The van der Waals surface area contributed by atoms with Crippen LogP contribution >= 0.6 is 0 Å². The lowest BCUT2D eigenvalue weighted by molar-refractivity contribution is 0.0615. The van der Waals surface area contributed by atoms with Crippen molar-refractivity contribution in [2.24, 2.45) is 0 Å². The zero-order chi connectivity index (χ0) is 20.4. The molecule has 4 rings (SSSR count). The largest absolute Gasteiger partial charge is 0.346 e. The maximum absolute atomic E-state index is 13.2. The van der Waals surface area contributed by atoms with Crippen molar-refractivity contribution < 1.29 is 13.6 Å². The molecular weight excluding hydrogens is 378 g/mol. The van der Waals surface area contributed by atoms with E-state index in [1.54, 1.807) is 25.5 Å². The molecule has 0 radical (unpaired) electrons. The maximum Gasteiger partial charge on any atom is 0.319 e. The van der Waals surface area contributed by atoms with Crippen LogP contribution in [0, 0.1) is 6.92 Å². The molecule has 3 aromatic rings. The Morgan fingerprint density at radius 3 is 2.86 bits per heavy atom. The minimum absolute atomic E-state index is 0.0363. The fourth-order valence-electron chi connectivity index (χ4n) is 3.49. The molecule has 9 heteroatoms. The number of carbonyl (C=O) groups is 1. The van der Waals surface area contributed by atoms with E-state index in [4.69, 9.17) is 0 Å². The summed E-state index contributed by atoms with van der Waals surface area (Å²) >= 11 is 0. The van der Waals surface area contributed by atoms with E-state index in [2.05, 4.69) is 20.3 Å². The maximum atomic E-state index is 13.2. The second kappa shape index (κ2) is 7.94.